The van der Waals surface area contributed by atoms with Crippen LogP contribution in [0.5, 0.6) is 17.2 Å². The Labute approximate surface area is 116 Å². The lowest BCUT2D eigenvalue weighted by Crippen LogP contribution is -1.94. The first-order chi connectivity index (χ1) is 9.23. The van der Waals surface area contributed by atoms with Crippen LogP contribution in [0.4, 0.5) is 0 Å². The van der Waals surface area contributed by atoms with Crippen LogP contribution < -0.4 is 14.2 Å². The highest BCUT2D eigenvalue weighted by Crippen LogP contribution is 2.40. The molecule has 0 radical (unpaired) electrons. The van der Waals surface area contributed by atoms with E-state index in [-0.39, 0.29) is 5.88 Å². The van der Waals surface area contributed by atoms with Crippen molar-refractivity contribution in [2.75, 3.05) is 21.3 Å². The zero-order valence-electron chi connectivity index (χ0n) is 10.9. The number of nitrogens with zero attached hydrogens (tertiary/aromatic N) is 1. The second-order valence-electron chi connectivity index (χ2n) is 3.66. The fraction of sp³-hybridized carbons (Fsp3) is 0.308. The molecule has 0 aliphatic heterocycles. The first-order valence-corrected chi connectivity index (χ1v) is 6.08. The number of alkyl halides is 1. The summed E-state index contributed by atoms with van der Waals surface area (Å²) in [6, 6.07) is 3.51. The second kappa shape index (κ2) is 5.84. The molecule has 0 bridgehead atoms. The third-order valence-electron chi connectivity index (χ3n) is 2.64. The van der Waals surface area contributed by atoms with E-state index in [9.17, 15) is 0 Å². The molecule has 0 amide bonds. The number of oxazole rings is 1. The first-order valence-electron chi connectivity index (χ1n) is 5.54. The number of hydrogen-bond donors (Lipinski definition) is 0. The summed E-state index contributed by atoms with van der Waals surface area (Å²) < 4.78 is 21.3. The van der Waals surface area contributed by atoms with Crippen molar-refractivity contribution in [3.05, 3.63) is 24.2 Å². The van der Waals surface area contributed by atoms with Crippen molar-refractivity contribution in [3.8, 4) is 28.6 Å². The molecule has 1 aromatic heterocycles. The lowest BCUT2D eigenvalue weighted by atomic mass is 10.1. The van der Waals surface area contributed by atoms with Crippen LogP contribution in [0.25, 0.3) is 11.3 Å². The lowest BCUT2D eigenvalue weighted by Gasteiger charge is -2.12. The Morgan fingerprint density at radius 3 is 2.21 bits per heavy atom. The van der Waals surface area contributed by atoms with E-state index in [0.29, 0.717) is 28.9 Å². The molecular weight excluding hydrogens is 270 g/mol. The Kier molecular flexibility index (Phi) is 4.16. The van der Waals surface area contributed by atoms with Crippen LogP contribution in [0.3, 0.4) is 0 Å². The normalized spacial score (nSPS) is 10.3. The molecule has 1 heterocycles. The van der Waals surface area contributed by atoms with E-state index in [2.05, 4.69) is 4.98 Å². The summed E-state index contributed by atoms with van der Waals surface area (Å²) >= 11 is 5.68. The van der Waals surface area contributed by atoms with Gasteiger partial charge in [-0.1, -0.05) is 0 Å². The number of methoxy groups -OCH3 is 3. The minimum atomic E-state index is 0.218. The Morgan fingerprint density at radius 1 is 1.05 bits per heavy atom. The van der Waals surface area contributed by atoms with E-state index in [1.807, 2.05) is 0 Å². The van der Waals surface area contributed by atoms with E-state index in [4.69, 9.17) is 30.2 Å². The predicted molar refractivity (Wildman–Crippen MR) is 71.2 cm³/mol. The highest BCUT2D eigenvalue weighted by Gasteiger charge is 2.16. The summed E-state index contributed by atoms with van der Waals surface area (Å²) in [6.07, 6.45) is 1.60. The Balaban J connectivity index is 2.54. The van der Waals surface area contributed by atoms with Gasteiger partial charge >= 0.3 is 0 Å². The van der Waals surface area contributed by atoms with Gasteiger partial charge in [0, 0.05) is 6.07 Å². The molecule has 6 heteroatoms. The van der Waals surface area contributed by atoms with Crippen molar-refractivity contribution in [1.29, 1.82) is 0 Å². The van der Waals surface area contributed by atoms with E-state index >= 15 is 0 Å². The van der Waals surface area contributed by atoms with Crippen molar-refractivity contribution in [2.45, 2.75) is 5.88 Å². The van der Waals surface area contributed by atoms with E-state index in [1.165, 1.54) is 0 Å². The van der Waals surface area contributed by atoms with Gasteiger partial charge in [-0.05, 0) is 6.07 Å². The molecule has 0 atom stereocenters. The van der Waals surface area contributed by atoms with Gasteiger partial charge in [0.2, 0.25) is 5.89 Å². The molecule has 1 aromatic carbocycles. The molecular formula is C13H14ClNO4. The van der Waals surface area contributed by atoms with Crippen molar-refractivity contribution < 1.29 is 18.6 Å². The lowest BCUT2D eigenvalue weighted by molar-refractivity contribution is 0.349. The van der Waals surface area contributed by atoms with Crippen molar-refractivity contribution in [3.63, 3.8) is 0 Å². The minimum absolute atomic E-state index is 0.218. The van der Waals surface area contributed by atoms with Gasteiger partial charge in [0.05, 0.1) is 39.0 Å². The molecule has 0 unspecified atom stereocenters. The van der Waals surface area contributed by atoms with Crippen LogP contribution in [0.2, 0.25) is 0 Å². The molecule has 2 aromatic rings. The molecule has 0 fully saturated rings. The molecule has 0 spiro atoms. The van der Waals surface area contributed by atoms with Gasteiger partial charge in [0.15, 0.2) is 17.3 Å². The van der Waals surface area contributed by atoms with Crippen LogP contribution >= 0.6 is 11.6 Å². The van der Waals surface area contributed by atoms with Crippen LogP contribution in [0, 0.1) is 0 Å². The van der Waals surface area contributed by atoms with Crippen LogP contribution in [0.1, 0.15) is 5.89 Å². The standard InChI is InChI=1S/C13H14ClNO4/c1-16-9-5-11(18-3)10(17-2)4-8(9)12-7-15-13(6-14)19-12/h4-5,7H,6H2,1-3H3. The number of aromatic nitrogens is 1. The fourth-order valence-electron chi connectivity index (χ4n) is 1.72. The highest BCUT2D eigenvalue weighted by atomic mass is 35.5. The van der Waals surface area contributed by atoms with Gasteiger partial charge in [-0.3, -0.25) is 0 Å². The smallest absolute Gasteiger partial charge is 0.209 e. The van der Waals surface area contributed by atoms with E-state index in [1.54, 1.807) is 39.7 Å². The van der Waals surface area contributed by atoms with Crippen molar-refractivity contribution >= 4 is 11.6 Å². The van der Waals surface area contributed by atoms with Gasteiger partial charge in [-0.2, -0.15) is 0 Å². The monoisotopic (exact) mass is 283 g/mol. The summed E-state index contributed by atoms with van der Waals surface area (Å²) in [4.78, 5) is 4.06. The minimum Gasteiger partial charge on any atom is -0.496 e. The topological polar surface area (TPSA) is 53.7 Å². The number of ether oxygens (including phenoxy) is 3. The maximum atomic E-state index is 5.68. The average molecular weight is 284 g/mol. The predicted octanol–water partition coefficient (Wildman–Crippen LogP) is 3.11. The molecule has 2 rings (SSSR count). The average Bonchev–Trinajstić information content (AvgIpc) is 2.94. The molecule has 0 saturated heterocycles. The Bertz CT molecular complexity index is 568. The third kappa shape index (κ3) is 2.61. The molecule has 102 valence electrons. The molecule has 19 heavy (non-hydrogen) atoms. The SMILES string of the molecule is COc1cc(OC)c(-c2cnc(CCl)o2)cc1OC. The molecule has 0 N–H and O–H groups in total. The highest BCUT2D eigenvalue weighted by molar-refractivity contribution is 6.16. The number of hydrogen-bond acceptors (Lipinski definition) is 5. The molecule has 0 aliphatic carbocycles. The van der Waals surface area contributed by atoms with Gasteiger partial charge < -0.3 is 18.6 Å². The summed E-state index contributed by atoms with van der Waals surface area (Å²) in [7, 11) is 4.71. The summed E-state index contributed by atoms with van der Waals surface area (Å²) in [5, 5.41) is 0. The number of halogens is 1. The quantitative estimate of drug-likeness (QED) is 0.789. The summed E-state index contributed by atoms with van der Waals surface area (Å²) in [6.45, 7) is 0. The van der Waals surface area contributed by atoms with Crippen LogP contribution in [0.15, 0.2) is 22.7 Å². The molecule has 0 aliphatic rings. The first kappa shape index (κ1) is 13.5. The van der Waals surface area contributed by atoms with Gasteiger partial charge in [0.1, 0.15) is 5.75 Å². The molecule has 0 saturated carbocycles. The van der Waals surface area contributed by atoms with Gasteiger partial charge in [-0.25, -0.2) is 4.98 Å². The largest absolute Gasteiger partial charge is 0.496 e. The van der Waals surface area contributed by atoms with Gasteiger partial charge in [-0.15, -0.1) is 11.6 Å². The summed E-state index contributed by atoms with van der Waals surface area (Å²) in [5.41, 5.74) is 0.726. The Morgan fingerprint density at radius 2 is 1.68 bits per heavy atom. The Hall–Kier alpha value is -1.88. The van der Waals surface area contributed by atoms with E-state index in [0.717, 1.165) is 5.56 Å². The summed E-state index contributed by atoms with van der Waals surface area (Å²) in [5.74, 6) is 3.01. The number of benzene rings is 1. The number of rotatable bonds is 5. The zero-order valence-corrected chi connectivity index (χ0v) is 11.7. The molecule has 5 nitrogen and oxygen atoms in total. The zero-order chi connectivity index (χ0) is 13.8. The maximum Gasteiger partial charge on any atom is 0.209 e. The van der Waals surface area contributed by atoms with Crippen molar-refractivity contribution in [1.82, 2.24) is 4.98 Å². The van der Waals surface area contributed by atoms with Gasteiger partial charge in [0.25, 0.3) is 0 Å². The maximum absolute atomic E-state index is 5.68. The van der Waals surface area contributed by atoms with E-state index < -0.39 is 0 Å². The second-order valence-corrected chi connectivity index (χ2v) is 3.93. The van der Waals surface area contributed by atoms with Crippen LogP contribution in [-0.4, -0.2) is 26.3 Å². The fourth-order valence-corrected chi connectivity index (χ4v) is 1.84. The third-order valence-corrected chi connectivity index (χ3v) is 2.87. The van der Waals surface area contributed by atoms with Crippen molar-refractivity contribution in [2.24, 2.45) is 0 Å². The van der Waals surface area contributed by atoms with Crippen LogP contribution in [-0.2, 0) is 5.88 Å².